The summed E-state index contributed by atoms with van der Waals surface area (Å²) in [4.78, 5) is 23.7. The second-order valence-electron chi connectivity index (χ2n) is 4.73. The van der Waals surface area contributed by atoms with E-state index >= 15 is 0 Å². The molecule has 0 radical (unpaired) electrons. The van der Waals surface area contributed by atoms with Crippen LogP contribution in [0.5, 0.6) is 0 Å². The molecule has 1 heterocycles. The molecular formula is C10H17NO5. The van der Waals surface area contributed by atoms with Crippen LogP contribution in [0.1, 0.15) is 27.7 Å². The highest BCUT2D eigenvalue weighted by Gasteiger charge is 2.42. The molecule has 1 N–H and O–H groups in total. The molecule has 92 valence electrons. The second kappa shape index (κ2) is 4.29. The van der Waals surface area contributed by atoms with Crippen LogP contribution in [-0.4, -0.2) is 46.5 Å². The number of nitrogens with zero attached hydrogens (tertiary/aromatic N) is 1. The molecule has 1 fully saturated rings. The van der Waals surface area contributed by atoms with Crippen molar-refractivity contribution < 1.29 is 24.2 Å². The number of hydrogen-bond acceptors (Lipinski definition) is 4. The standard InChI is InChI=1S/C10H17NO5/c1-6-7(8(12)13)11(5-15-6)9(14)16-10(2,3)4/h6-7H,5H2,1-4H3,(H,12,13)/t6-,7+/m0/s1. The molecule has 1 amide bonds. The number of aliphatic carboxylic acids is 1. The smallest absolute Gasteiger partial charge is 0.412 e. The Morgan fingerprint density at radius 1 is 1.44 bits per heavy atom. The van der Waals surface area contributed by atoms with E-state index < -0.39 is 29.8 Å². The Labute approximate surface area is 94.1 Å². The third-order valence-corrected chi connectivity index (χ3v) is 2.14. The lowest BCUT2D eigenvalue weighted by atomic mass is 10.2. The van der Waals surface area contributed by atoms with E-state index in [9.17, 15) is 9.59 Å². The van der Waals surface area contributed by atoms with E-state index in [1.165, 1.54) is 0 Å². The van der Waals surface area contributed by atoms with Gasteiger partial charge in [0.2, 0.25) is 0 Å². The van der Waals surface area contributed by atoms with Gasteiger partial charge in [-0.3, -0.25) is 4.90 Å². The van der Waals surface area contributed by atoms with Crippen molar-refractivity contribution in [3.63, 3.8) is 0 Å². The average molecular weight is 231 g/mol. The van der Waals surface area contributed by atoms with E-state index in [1.54, 1.807) is 27.7 Å². The Morgan fingerprint density at radius 2 is 2.00 bits per heavy atom. The van der Waals surface area contributed by atoms with Crippen LogP contribution >= 0.6 is 0 Å². The summed E-state index contributed by atoms with van der Waals surface area (Å²) in [6.07, 6.45) is -1.19. The van der Waals surface area contributed by atoms with Crippen molar-refractivity contribution >= 4 is 12.1 Å². The second-order valence-corrected chi connectivity index (χ2v) is 4.73. The first-order valence-corrected chi connectivity index (χ1v) is 5.06. The van der Waals surface area contributed by atoms with Gasteiger partial charge in [0.15, 0.2) is 6.04 Å². The molecule has 0 bridgehead atoms. The summed E-state index contributed by atoms with van der Waals surface area (Å²) in [5.41, 5.74) is -0.647. The molecule has 0 aliphatic carbocycles. The zero-order chi connectivity index (χ0) is 12.5. The fourth-order valence-electron chi connectivity index (χ4n) is 1.44. The van der Waals surface area contributed by atoms with Gasteiger partial charge in [-0.05, 0) is 27.7 Å². The molecule has 0 spiro atoms. The maximum absolute atomic E-state index is 11.7. The molecule has 6 nitrogen and oxygen atoms in total. The predicted octanol–water partition coefficient (Wildman–Crippen LogP) is 1.05. The summed E-state index contributed by atoms with van der Waals surface area (Å²) in [5, 5.41) is 8.97. The van der Waals surface area contributed by atoms with Gasteiger partial charge in [0, 0.05) is 0 Å². The molecule has 2 atom stereocenters. The quantitative estimate of drug-likeness (QED) is 0.730. The van der Waals surface area contributed by atoms with Crippen LogP contribution in [0.2, 0.25) is 0 Å². The van der Waals surface area contributed by atoms with Gasteiger partial charge in [0.1, 0.15) is 12.3 Å². The van der Waals surface area contributed by atoms with Crippen LogP contribution in [-0.2, 0) is 14.3 Å². The molecule has 0 unspecified atom stereocenters. The molecule has 16 heavy (non-hydrogen) atoms. The van der Waals surface area contributed by atoms with Gasteiger partial charge >= 0.3 is 12.1 Å². The van der Waals surface area contributed by atoms with Crippen molar-refractivity contribution in [3.8, 4) is 0 Å². The van der Waals surface area contributed by atoms with Crippen LogP contribution in [0.3, 0.4) is 0 Å². The largest absolute Gasteiger partial charge is 0.480 e. The molecular weight excluding hydrogens is 214 g/mol. The SMILES string of the molecule is C[C@@H]1OCN(C(=O)OC(C)(C)C)[C@H]1C(=O)O. The van der Waals surface area contributed by atoms with Gasteiger partial charge in [0.05, 0.1) is 6.10 Å². The first-order chi connectivity index (χ1) is 7.22. The van der Waals surface area contributed by atoms with E-state index in [2.05, 4.69) is 0 Å². The third kappa shape index (κ3) is 2.85. The number of hydrogen-bond donors (Lipinski definition) is 1. The lowest BCUT2D eigenvalue weighted by Gasteiger charge is -2.26. The van der Waals surface area contributed by atoms with E-state index in [0.29, 0.717) is 0 Å². The Balaban J connectivity index is 2.73. The number of carboxylic acid groups (broad SMARTS) is 1. The number of carbonyl (C=O) groups is 2. The first kappa shape index (κ1) is 12.8. The van der Waals surface area contributed by atoms with Crippen LogP contribution in [0.25, 0.3) is 0 Å². The molecule has 6 heteroatoms. The average Bonchev–Trinajstić information content (AvgIpc) is 2.43. The molecule has 0 aromatic carbocycles. The summed E-state index contributed by atoms with van der Waals surface area (Å²) in [6, 6.07) is -0.977. The van der Waals surface area contributed by atoms with Gasteiger partial charge in [-0.2, -0.15) is 0 Å². The summed E-state index contributed by atoms with van der Waals surface area (Å²) >= 11 is 0. The van der Waals surface area contributed by atoms with Crippen LogP contribution < -0.4 is 0 Å². The van der Waals surface area contributed by atoms with Gasteiger partial charge in [-0.15, -0.1) is 0 Å². The molecule has 0 saturated carbocycles. The zero-order valence-electron chi connectivity index (χ0n) is 9.89. The van der Waals surface area contributed by atoms with Crippen molar-refractivity contribution in [1.82, 2.24) is 4.90 Å². The first-order valence-electron chi connectivity index (χ1n) is 5.06. The van der Waals surface area contributed by atoms with Crippen molar-refractivity contribution in [2.24, 2.45) is 0 Å². The third-order valence-electron chi connectivity index (χ3n) is 2.14. The number of carboxylic acids is 1. The highest BCUT2D eigenvalue weighted by atomic mass is 16.6. The lowest BCUT2D eigenvalue weighted by Crippen LogP contribution is -2.46. The Bertz CT molecular complexity index is 296. The molecule has 1 aliphatic heterocycles. The number of rotatable bonds is 1. The van der Waals surface area contributed by atoms with Gasteiger partial charge in [0.25, 0.3) is 0 Å². The minimum atomic E-state index is -1.09. The Morgan fingerprint density at radius 3 is 2.44 bits per heavy atom. The fourth-order valence-corrected chi connectivity index (χ4v) is 1.44. The maximum Gasteiger partial charge on any atom is 0.412 e. The van der Waals surface area contributed by atoms with E-state index in [0.717, 1.165) is 4.90 Å². The Hall–Kier alpha value is -1.30. The summed E-state index contributed by atoms with van der Waals surface area (Å²) < 4.78 is 10.2. The molecule has 0 aromatic rings. The number of amides is 1. The number of carbonyl (C=O) groups excluding carboxylic acids is 1. The van der Waals surface area contributed by atoms with E-state index in [1.807, 2.05) is 0 Å². The van der Waals surface area contributed by atoms with Crippen LogP contribution in [0.15, 0.2) is 0 Å². The highest BCUT2D eigenvalue weighted by molar-refractivity contribution is 5.81. The van der Waals surface area contributed by atoms with E-state index in [-0.39, 0.29) is 6.73 Å². The minimum Gasteiger partial charge on any atom is -0.480 e. The van der Waals surface area contributed by atoms with Crippen LogP contribution in [0, 0.1) is 0 Å². The topological polar surface area (TPSA) is 76.1 Å². The molecule has 1 rings (SSSR count). The van der Waals surface area contributed by atoms with E-state index in [4.69, 9.17) is 14.6 Å². The normalized spacial score (nSPS) is 25.6. The Kier molecular flexibility index (Phi) is 3.42. The van der Waals surface area contributed by atoms with Gasteiger partial charge in [-0.1, -0.05) is 0 Å². The predicted molar refractivity (Wildman–Crippen MR) is 54.9 cm³/mol. The van der Waals surface area contributed by atoms with Gasteiger partial charge in [-0.25, -0.2) is 9.59 Å². The van der Waals surface area contributed by atoms with Crippen LogP contribution in [0.4, 0.5) is 4.79 Å². The zero-order valence-corrected chi connectivity index (χ0v) is 9.89. The minimum absolute atomic E-state index is 0.0486. The maximum atomic E-state index is 11.7. The number of ether oxygens (including phenoxy) is 2. The molecule has 1 aliphatic rings. The highest BCUT2D eigenvalue weighted by Crippen LogP contribution is 2.20. The van der Waals surface area contributed by atoms with Crippen molar-refractivity contribution in [2.75, 3.05) is 6.73 Å². The van der Waals surface area contributed by atoms with Crippen molar-refractivity contribution in [3.05, 3.63) is 0 Å². The molecule has 0 aromatic heterocycles. The van der Waals surface area contributed by atoms with Crippen molar-refractivity contribution in [1.29, 1.82) is 0 Å². The summed E-state index contributed by atoms with van der Waals surface area (Å²) in [6.45, 7) is 6.74. The molecule has 1 saturated heterocycles. The fraction of sp³-hybridized carbons (Fsp3) is 0.800. The monoisotopic (exact) mass is 231 g/mol. The van der Waals surface area contributed by atoms with Gasteiger partial charge < -0.3 is 14.6 Å². The summed E-state index contributed by atoms with van der Waals surface area (Å²) in [7, 11) is 0. The summed E-state index contributed by atoms with van der Waals surface area (Å²) in [5.74, 6) is -1.09. The lowest BCUT2D eigenvalue weighted by molar-refractivity contribution is -0.142. The van der Waals surface area contributed by atoms with Crippen molar-refractivity contribution in [2.45, 2.75) is 45.4 Å².